The average Bonchev–Trinajstić information content (AvgIpc) is 2.63. The lowest BCUT2D eigenvalue weighted by molar-refractivity contribution is -0.120. The highest BCUT2D eigenvalue weighted by Gasteiger charge is 2.27. The van der Waals surface area contributed by atoms with E-state index in [1.165, 1.54) is 5.56 Å². The monoisotopic (exact) mass is 324 g/mol. The third kappa shape index (κ3) is 3.72. The lowest BCUT2D eigenvalue weighted by Crippen LogP contribution is -2.41. The first kappa shape index (κ1) is 16.4. The Morgan fingerprint density at radius 3 is 2.71 bits per heavy atom. The molecule has 1 amide bonds. The molecule has 1 aliphatic rings. The van der Waals surface area contributed by atoms with Gasteiger partial charge in [0.15, 0.2) is 0 Å². The molecule has 0 bridgehead atoms. The second-order valence-electron chi connectivity index (χ2n) is 6.57. The van der Waals surface area contributed by atoms with Crippen molar-refractivity contribution >= 4 is 17.5 Å². The minimum atomic E-state index is -0.0391. The van der Waals surface area contributed by atoms with Crippen LogP contribution in [0.15, 0.2) is 42.7 Å². The number of anilines is 2. The van der Waals surface area contributed by atoms with Crippen molar-refractivity contribution in [3.63, 3.8) is 0 Å². The van der Waals surface area contributed by atoms with Gasteiger partial charge in [0.1, 0.15) is 0 Å². The number of hydrogen-bond acceptors (Lipinski definition) is 4. The summed E-state index contributed by atoms with van der Waals surface area (Å²) in [5.74, 6) is 1.13. The molecular formula is C19H24N4O. The molecule has 24 heavy (non-hydrogen) atoms. The fourth-order valence-corrected chi connectivity index (χ4v) is 3.18. The molecule has 1 aromatic carbocycles. The average molecular weight is 324 g/mol. The number of benzene rings is 1. The highest BCUT2D eigenvalue weighted by molar-refractivity contribution is 5.93. The van der Waals surface area contributed by atoms with Gasteiger partial charge >= 0.3 is 0 Å². The molecule has 1 unspecified atom stereocenters. The fourth-order valence-electron chi connectivity index (χ4n) is 3.18. The molecule has 0 spiro atoms. The molecule has 0 saturated carbocycles. The molecule has 5 nitrogen and oxygen atoms in total. The highest BCUT2D eigenvalue weighted by atomic mass is 16.1. The summed E-state index contributed by atoms with van der Waals surface area (Å²) in [6.07, 6.45) is 5.36. The number of para-hydroxylation sites is 1. The number of nitrogens with zero attached hydrogens (tertiary/aromatic N) is 3. The zero-order chi connectivity index (χ0) is 16.9. The highest BCUT2D eigenvalue weighted by Crippen LogP contribution is 2.26. The molecule has 1 atom stereocenters. The van der Waals surface area contributed by atoms with E-state index in [4.69, 9.17) is 0 Å². The van der Waals surface area contributed by atoms with Crippen molar-refractivity contribution in [1.82, 2.24) is 9.97 Å². The van der Waals surface area contributed by atoms with Crippen molar-refractivity contribution in [3.8, 4) is 0 Å². The molecule has 1 aromatic heterocycles. The first-order valence-electron chi connectivity index (χ1n) is 8.57. The Balaban J connectivity index is 1.69. The zero-order valence-corrected chi connectivity index (χ0v) is 14.3. The number of aromatic nitrogens is 2. The van der Waals surface area contributed by atoms with Crippen LogP contribution in [0.5, 0.6) is 0 Å². The minimum absolute atomic E-state index is 0.0391. The predicted octanol–water partition coefficient (Wildman–Crippen LogP) is 3.46. The van der Waals surface area contributed by atoms with E-state index in [1.807, 2.05) is 18.2 Å². The summed E-state index contributed by atoms with van der Waals surface area (Å²) in [4.78, 5) is 23.4. The quantitative estimate of drug-likeness (QED) is 0.936. The minimum Gasteiger partial charge on any atom is -0.340 e. The van der Waals surface area contributed by atoms with Crippen LogP contribution in [0.3, 0.4) is 0 Å². The molecule has 1 aliphatic heterocycles. The van der Waals surface area contributed by atoms with Gasteiger partial charge in [-0.1, -0.05) is 32.0 Å². The molecule has 0 aliphatic carbocycles. The van der Waals surface area contributed by atoms with Crippen LogP contribution in [0.2, 0.25) is 0 Å². The van der Waals surface area contributed by atoms with Crippen LogP contribution in [0.25, 0.3) is 0 Å². The molecule has 1 fully saturated rings. The zero-order valence-electron chi connectivity index (χ0n) is 14.3. The van der Waals surface area contributed by atoms with Gasteiger partial charge in [0.25, 0.3) is 0 Å². The maximum Gasteiger partial charge on any atom is 0.229 e. The second-order valence-corrected chi connectivity index (χ2v) is 6.57. The van der Waals surface area contributed by atoms with Gasteiger partial charge in [-0.05, 0) is 36.5 Å². The summed E-state index contributed by atoms with van der Waals surface area (Å²) in [6, 6.07) is 9.84. The van der Waals surface area contributed by atoms with Crippen molar-refractivity contribution in [2.24, 2.45) is 5.92 Å². The van der Waals surface area contributed by atoms with Crippen molar-refractivity contribution < 1.29 is 4.79 Å². The second kappa shape index (κ2) is 7.43. The number of rotatable bonds is 4. The number of nitrogens with one attached hydrogen (secondary N) is 1. The van der Waals surface area contributed by atoms with E-state index in [-0.39, 0.29) is 11.8 Å². The molecule has 3 rings (SSSR count). The maximum absolute atomic E-state index is 12.7. The summed E-state index contributed by atoms with van der Waals surface area (Å²) in [7, 11) is 0. The Kier molecular flexibility index (Phi) is 5.08. The van der Waals surface area contributed by atoms with Crippen molar-refractivity contribution in [1.29, 1.82) is 0 Å². The van der Waals surface area contributed by atoms with E-state index in [9.17, 15) is 4.79 Å². The van der Waals surface area contributed by atoms with Gasteiger partial charge in [-0.3, -0.25) is 4.79 Å². The van der Waals surface area contributed by atoms with E-state index < -0.39 is 0 Å². The van der Waals surface area contributed by atoms with Crippen LogP contribution >= 0.6 is 0 Å². The molecule has 5 heteroatoms. The Bertz CT molecular complexity index is 687. The summed E-state index contributed by atoms with van der Waals surface area (Å²) >= 11 is 0. The SMILES string of the molecule is CC(C)c1ccccc1NC(=O)C1CCCN(c2ncccn2)C1. The van der Waals surface area contributed by atoms with Gasteiger partial charge in [0, 0.05) is 31.2 Å². The van der Waals surface area contributed by atoms with Gasteiger partial charge in [0.2, 0.25) is 11.9 Å². The predicted molar refractivity (Wildman–Crippen MR) is 96.1 cm³/mol. The van der Waals surface area contributed by atoms with Crippen LogP contribution < -0.4 is 10.2 Å². The summed E-state index contributed by atoms with van der Waals surface area (Å²) < 4.78 is 0. The smallest absolute Gasteiger partial charge is 0.229 e. The summed E-state index contributed by atoms with van der Waals surface area (Å²) in [5.41, 5.74) is 2.09. The molecule has 2 aromatic rings. The lowest BCUT2D eigenvalue weighted by Gasteiger charge is -2.32. The van der Waals surface area contributed by atoms with E-state index in [1.54, 1.807) is 18.5 Å². The van der Waals surface area contributed by atoms with Crippen LogP contribution in [0.1, 0.15) is 38.2 Å². The lowest BCUT2D eigenvalue weighted by atomic mass is 9.96. The van der Waals surface area contributed by atoms with Gasteiger partial charge in [0.05, 0.1) is 5.92 Å². The molecule has 0 radical (unpaired) electrons. The number of carbonyl (C=O) groups is 1. The Morgan fingerprint density at radius 1 is 1.21 bits per heavy atom. The Hall–Kier alpha value is -2.43. The third-order valence-corrected chi connectivity index (χ3v) is 4.47. The first-order chi connectivity index (χ1) is 11.6. The van der Waals surface area contributed by atoms with Gasteiger partial charge in [-0.25, -0.2) is 9.97 Å². The molecule has 2 heterocycles. The maximum atomic E-state index is 12.7. The first-order valence-corrected chi connectivity index (χ1v) is 8.57. The summed E-state index contributed by atoms with van der Waals surface area (Å²) in [6.45, 7) is 5.84. The van der Waals surface area contributed by atoms with Crippen molar-refractivity contribution in [2.75, 3.05) is 23.3 Å². The number of hydrogen-bond donors (Lipinski definition) is 1. The van der Waals surface area contributed by atoms with E-state index in [2.05, 4.69) is 40.1 Å². The molecule has 1 N–H and O–H groups in total. The molecule has 126 valence electrons. The van der Waals surface area contributed by atoms with E-state index in [0.717, 1.165) is 25.1 Å². The van der Waals surface area contributed by atoms with Gasteiger partial charge < -0.3 is 10.2 Å². The van der Waals surface area contributed by atoms with Crippen LogP contribution in [0.4, 0.5) is 11.6 Å². The Labute approximate surface area is 143 Å². The summed E-state index contributed by atoms with van der Waals surface area (Å²) in [5, 5.41) is 3.13. The van der Waals surface area contributed by atoms with Crippen LogP contribution in [-0.2, 0) is 4.79 Å². The topological polar surface area (TPSA) is 58.1 Å². The van der Waals surface area contributed by atoms with Crippen LogP contribution in [-0.4, -0.2) is 29.0 Å². The normalized spacial score (nSPS) is 17.8. The largest absolute Gasteiger partial charge is 0.340 e. The van der Waals surface area contributed by atoms with Crippen molar-refractivity contribution in [2.45, 2.75) is 32.6 Å². The standard InChI is InChI=1S/C19H24N4O/c1-14(2)16-8-3-4-9-17(16)22-18(24)15-7-5-12-23(13-15)19-20-10-6-11-21-19/h3-4,6,8-11,14-15H,5,7,12-13H2,1-2H3,(H,22,24). The Morgan fingerprint density at radius 2 is 1.96 bits per heavy atom. The van der Waals surface area contributed by atoms with E-state index in [0.29, 0.717) is 18.4 Å². The molecular weight excluding hydrogens is 300 g/mol. The number of piperidine rings is 1. The molecule has 1 saturated heterocycles. The van der Waals surface area contributed by atoms with E-state index >= 15 is 0 Å². The van der Waals surface area contributed by atoms with Gasteiger partial charge in [-0.2, -0.15) is 0 Å². The van der Waals surface area contributed by atoms with Gasteiger partial charge in [-0.15, -0.1) is 0 Å². The third-order valence-electron chi connectivity index (χ3n) is 4.47. The van der Waals surface area contributed by atoms with Crippen molar-refractivity contribution in [3.05, 3.63) is 48.3 Å². The number of amides is 1. The van der Waals surface area contributed by atoms with Crippen LogP contribution in [0, 0.1) is 5.92 Å². The fraction of sp³-hybridized carbons (Fsp3) is 0.421. The number of carbonyl (C=O) groups excluding carboxylic acids is 1.